The first kappa shape index (κ1) is 39.9. The van der Waals surface area contributed by atoms with Crippen molar-refractivity contribution in [3.8, 4) is 23.1 Å². The second-order valence-electron chi connectivity index (χ2n) is 16.0. The molecule has 2 aliphatic rings. The predicted octanol–water partition coefficient (Wildman–Crippen LogP) is 6.79. The van der Waals surface area contributed by atoms with Crippen molar-refractivity contribution in [1.82, 2.24) is 35.1 Å². The van der Waals surface area contributed by atoms with E-state index < -0.39 is 17.7 Å². The summed E-state index contributed by atoms with van der Waals surface area (Å²) in [4.78, 5) is 59.4. The Morgan fingerprint density at radius 3 is 2.36 bits per heavy atom. The standard InChI is InChI=1S/C42H53N7O5S/c1-24(2)26(5)39(50)49-34(23-55-35(49)21-42(6,7)53)37-43-22-32(46-37)29-16-13-27(14-17-29)11-12-28-15-18-30-31(20-28)45-38(44-30)33-10-9-19-48(33)40(51)36(25(3)4)47-41(52)54-8/h13-18,20,22,24-26,33-36,53H,9-10,19,21,23H2,1-8H3,(H,43,46)(H,44,45)(H,47,52)/t26-,33-,34-,35?,36-/m0/s1. The highest BCUT2D eigenvalue weighted by Crippen LogP contribution is 2.43. The van der Waals surface area contributed by atoms with Gasteiger partial charge in [0.1, 0.15) is 17.7 Å². The molecule has 6 rings (SSSR count). The molecule has 4 N–H and O–H groups in total. The van der Waals surface area contributed by atoms with E-state index in [4.69, 9.17) is 14.7 Å². The molecular formula is C42H53N7O5S. The van der Waals surface area contributed by atoms with E-state index in [-0.39, 0.29) is 47.0 Å². The van der Waals surface area contributed by atoms with Gasteiger partial charge in [-0.2, -0.15) is 0 Å². The molecule has 0 spiro atoms. The lowest BCUT2D eigenvalue weighted by atomic mass is 9.95. The van der Waals surface area contributed by atoms with E-state index in [1.165, 1.54) is 7.11 Å². The van der Waals surface area contributed by atoms with Crippen molar-refractivity contribution in [2.45, 2.75) is 96.8 Å². The van der Waals surface area contributed by atoms with E-state index in [9.17, 15) is 19.5 Å². The number of fused-ring (bicyclic) bond motifs is 1. The molecule has 292 valence electrons. The molecule has 2 aromatic carbocycles. The van der Waals surface area contributed by atoms with Crippen LogP contribution < -0.4 is 5.32 Å². The van der Waals surface area contributed by atoms with Crippen LogP contribution in [0.1, 0.15) is 103 Å². The molecule has 4 aromatic rings. The number of hydrogen-bond donors (Lipinski definition) is 4. The fourth-order valence-electron chi connectivity index (χ4n) is 7.16. The second-order valence-corrected chi connectivity index (χ2v) is 17.2. The van der Waals surface area contributed by atoms with E-state index in [1.807, 2.05) is 74.3 Å². The van der Waals surface area contributed by atoms with Gasteiger partial charge in [-0.05, 0) is 74.4 Å². The summed E-state index contributed by atoms with van der Waals surface area (Å²) < 4.78 is 4.76. The highest BCUT2D eigenvalue weighted by Gasteiger charge is 2.43. The van der Waals surface area contributed by atoms with Gasteiger partial charge in [-0.1, -0.05) is 58.6 Å². The normalized spacial score (nSPS) is 19.8. The van der Waals surface area contributed by atoms with Gasteiger partial charge >= 0.3 is 6.09 Å². The number of hydrogen-bond acceptors (Lipinski definition) is 8. The van der Waals surface area contributed by atoms with Crippen LogP contribution in [0.15, 0.2) is 48.7 Å². The van der Waals surface area contributed by atoms with Crippen molar-refractivity contribution in [2.24, 2.45) is 17.8 Å². The second kappa shape index (κ2) is 16.5. The molecule has 55 heavy (non-hydrogen) atoms. The average Bonchev–Trinajstić information content (AvgIpc) is 3.97. The number of nitrogens with zero attached hydrogens (tertiary/aromatic N) is 4. The Hall–Kier alpha value is -4.80. The number of aliphatic hydroxyl groups is 1. The number of amides is 3. The molecule has 0 aliphatic carbocycles. The summed E-state index contributed by atoms with van der Waals surface area (Å²) in [6.07, 6.45) is 3.29. The number of aromatic amines is 2. The SMILES string of the molecule is COC(=O)N[C@H](C(=O)N1CCC[C@H]1c1nc2ccc(C#Cc3ccc(-c4cnc([C@@H]5CSC(CC(C)(C)O)N5C(=O)[C@@H](C)C(C)C)[nH]4)cc3)cc2[nH]1)C(C)C. The molecule has 5 atom stereocenters. The summed E-state index contributed by atoms with van der Waals surface area (Å²) >= 11 is 1.70. The Balaban J connectivity index is 1.15. The zero-order valence-electron chi connectivity index (χ0n) is 33.0. The zero-order chi connectivity index (χ0) is 39.6. The van der Waals surface area contributed by atoms with Gasteiger partial charge in [-0.15, -0.1) is 11.8 Å². The monoisotopic (exact) mass is 767 g/mol. The fourth-order valence-corrected chi connectivity index (χ4v) is 8.82. The molecule has 0 radical (unpaired) electrons. The van der Waals surface area contributed by atoms with Crippen LogP contribution in [-0.4, -0.2) is 89.2 Å². The summed E-state index contributed by atoms with van der Waals surface area (Å²) in [6.45, 7) is 14.1. The summed E-state index contributed by atoms with van der Waals surface area (Å²) in [5.41, 5.74) is 4.24. The topological polar surface area (TPSA) is 157 Å². The number of thioether (sulfide) groups is 1. The molecule has 3 amide bonds. The van der Waals surface area contributed by atoms with Crippen molar-refractivity contribution in [3.05, 3.63) is 71.4 Å². The van der Waals surface area contributed by atoms with Gasteiger partial charge in [0.15, 0.2) is 0 Å². The molecule has 1 unspecified atom stereocenters. The van der Waals surface area contributed by atoms with E-state index in [2.05, 4.69) is 41.0 Å². The minimum atomic E-state index is -0.897. The lowest BCUT2D eigenvalue weighted by Crippen LogP contribution is -2.51. The maximum atomic E-state index is 13.7. The molecule has 2 saturated heterocycles. The lowest BCUT2D eigenvalue weighted by molar-refractivity contribution is -0.139. The number of ether oxygens (including phenoxy) is 1. The summed E-state index contributed by atoms with van der Waals surface area (Å²) in [6, 6.07) is 12.7. The van der Waals surface area contributed by atoms with Gasteiger partial charge < -0.3 is 34.9 Å². The van der Waals surface area contributed by atoms with Crippen molar-refractivity contribution in [1.29, 1.82) is 0 Å². The van der Waals surface area contributed by atoms with E-state index >= 15 is 0 Å². The number of alkyl carbamates (subject to hydrolysis) is 1. The van der Waals surface area contributed by atoms with Crippen LogP contribution in [0.4, 0.5) is 4.79 Å². The molecule has 4 heterocycles. The Bertz CT molecular complexity index is 2070. The van der Waals surface area contributed by atoms with Crippen LogP contribution in [0.2, 0.25) is 0 Å². The number of imidazole rings is 2. The number of rotatable bonds is 10. The van der Waals surface area contributed by atoms with Crippen LogP contribution in [-0.2, 0) is 14.3 Å². The van der Waals surface area contributed by atoms with Gasteiger partial charge in [0.2, 0.25) is 11.8 Å². The number of carbonyl (C=O) groups is 3. The smallest absolute Gasteiger partial charge is 0.407 e. The Morgan fingerprint density at radius 1 is 0.982 bits per heavy atom. The predicted molar refractivity (Wildman–Crippen MR) is 215 cm³/mol. The van der Waals surface area contributed by atoms with Crippen molar-refractivity contribution < 1.29 is 24.2 Å². The summed E-state index contributed by atoms with van der Waals surface area (Å²) in [7, 11) is 1.29. The number of benzene rings is 2. The van der Waals surface area contributed by atoms with Gasteiger partial charge in [-0.3, -0.25) is 9.59 Å². The van der Waals surface area contributed by atoms with Gasteiger partial charge in [0.05, 0.1) is 53.1 Å². The van der Waals surface area contributed by atoms with Crippen LogP contribution in [0.25, 0.3) is 22.3 Å². The van der Waals surface area contributed by atoms with Crippen LogP contribution in [0.3, 0.4) is 0 Å². The van der Waals surface area contributed by atoms with Crippen LogP contribution >= 0.6 is 11.8 Å². The van der Waals surface area contributed by atoms with E-state index in [1.54, 1.807) is 30.5 Å². The lowest BCUT2D eigenvalue weighted by Gasteiger charge is -2.34. The Labute approximate surface area is 327 Å². The van der Waals surface area contributed by atoms with Crippen molar-refractivity contribution in [3.63, 3.8) is 0 Å². The van der Waals surface area contributed by atoms with E-state index in [0.717, 1.165) is 52.1 Å². The molecule has 2 aliphatic heterocycles. The minimum absolute atomic E-state index is 0.0887. The zero-order valence-corrected chi connectivity index (χ0v) is 33.8. The highest BCUT2D eigenvalue weighted by molar-refractivity contribution is 8.00. The van der Waals surface area contributed by atoms with Crippen LogP contribution in [0, 0.1) is 29.6 Å². The quantitative estimate of drug-likeness (QED) is 0.129. The third-order valence-electron chi connectivity index (χ3n) is 10.6. The molecule has 0 saturated carbocycles. The first-order valence-corrected chi connectivity index (χ1v) is 20.2. The third-order valence-corrected chi connectivity index (χ3v) is 11.9. The third kappa shape index (κ3) is 9.03. The number of methoxy groups -OCH3 is 1. The number of aromatic nitrogens is 4. The minimum Gasteiger partial charge on any atom is -0.453 e. The maximum Gasteiger partial charge on any atom is 0.407 e. The van der Waals surface area contributed by atoms with Gasteiger partial charge in [0.25, 0.3) is 0 Å². The first-order chi connectivity index (χ1) is 26.1. The first-order valence-electron chi connectivity index (χ1n) is 19.1. The van der Waals surface area contributed by atoms with Gasteiger partial charge in [0, 0.05) is 35.8 Å². The fraction of sp³-hybridized carbons (Fsp3) is 0.500. The van der Waals surface area contributed by atoms with Crippen LogP contribution in [0.5, 0.6) is 0 Å². The van der Waals surface area contributed by atoms with Crippen molar-refractivity contribution in [2.75, 3.05) is 19.4 Å². The number of carbonyl (C=O) groups excluding carboxylic acids is 3. The number of H-pyrrole nitrogens is 2. The van der Waals surface area contributed by atoms with Crippen molar-refractivity contribution >= 4 is 40.7 Å². The molecule has 0 bridgehead atoms. The molecular weight excluding hydrogens is 715 g/mol. The molecule has 12 nitrogen and oxygen atoms in total. The summed E-state index contributed by atoms with van der Waals surface area (Å²) in [5, 5.41) is 13.2. The number of nitrogens with one attached hydrogen (secondary N) is 3. The molecule has 13 heteroatoms. The summed E-state index contributed by atoms with van der Waals surface area (Å²) in [5.74, 6) is 8.60. The average molecular weight is 768 g/mol. The van der Waals surface area contributed by atoms with E-state index in [0.29, 0.717) is 24.5 Å². The Kier molecular flexibility index (Phi) is 12.0. The van der Waals surface area contributed by atoms with Gasteiger partial charge in [-0.25, -0.2) is 14.8 Å². The largest absolute Gasteiger partial charge is 0.453 e. The number of likely N-dealkylation sites (tertiary alicyclic amines) is 1. The molecule has 2 aromatic heterocycles. The molecule has 2 fully saturated rings. The maximum absolute atomic E-state index is 13.7. The Morgan fingerprint density at radius 2 is 1.69 bits per heavy atom. The highest BCUT2D eigenvalue weighted by atomic mass is 32.2.